The molecule has 1 heterocycles. The zero-order valence-corrected chi connectivity index (χ0v) is 15.3. The van der Waals surface area contributed by atoms with E-state index in [-0.39, 0.29) is 29.6 Å². The summed E-state index contributed by atoms with van der Waals surface area (Å²) in [7, 11) is 3.45. The van der Waals surface area contributed by atoms with Gasteiger partial charge in [0, 0.05) is 38.5 Å². The highest BCUT2D eigenvalue weighted by Crippen LogP contribution is 2.35. The van der Waals surface area contributed by atoms with E-state index in [1.807, 2.05) is 57.0 Å². The number of methoxy groups -OCH3 is 1. The second-order valence-electron chi connectivity index (χ2n) is 6.74. The SMILES string of the molecule is CCN(C)C(=O)C1CN(C(=O)C(C)C)CC1c1cccc(OC)c1. The van der Waals surface area contributed by atoms with E-state index in [4.69, 9.17) is 4.74 Å². The van der Waals surface area contributed by atoms with Crippen LogP contribution in [0.3, 0.4) is 0 Å². The predicted octanol–water partition coefficient (Wildman–Crippen LogP) is 2.37. The second-order valence-corrected chi connectivity index (χ2v) is 6.74. The third-order valence-electron chi connectivity index (χ3n) is 4.82. The van der Waals surface area contributed by atoms with Crippen LogP contribution in [0.1, 0.15) is 32.3 Å². The summed E-state index contributed by atoms with van der Waals surface area (Å²) in [5, 5.41) is 0. The largest absolute Gasteiger partial charge is 0.497 e. The molecule has 0 radical (unpaired) electrons. The second kappa shape index (κ2) is 7.69. The molecule has 5 nitrogen and oxygen atoms in total. The third-order valence-corrected chi connectivity index (χ3v) is 4.82. The molecule has 0 spiro atoms. The van der Waals surface area contributed by atoms with Crippen LogP contribution in [0.15, 0.2) is 24.3 Å². The molecule has 0 bridgehead atoms. The Morgan fingerprint density at radius 3 is 2.62 bits per heavy atom. The Morgan fingerprint density at radius 1 is 1.33 bits per heavy atom. The summed E-state index contributed by atoms with van der Waals surface area (Å²) in [6, 6.07) is 7.82. The van der Waals surface area contributed by atoms with Gasteiger partial charge in [-0.25, -0.2) is 0 Å². The first kappa shape index (κ1) is 18.3. The van der Waals surface area contributed by atoms with Crippen LogP contribution in [0.2, 0.25) is 0 Å². The first-order valence-electron chi connectivity index (χ1n) is 8.56. The van der Waals surface area contributed by atoms with E-state index in [9.17, 15) is 9.59 Å². The van der Waals surface area contributed by atoms with Gasteiger partial charge in [-0.05, 0) is 24.6 Å². The molecule has 0 N–H and O–H groups in total. The molecule has 1 saturated heterocycles. The summed E-state index contributed by atoms with van der Waals surface area (Å²) in [5.74, 6) is 0.723. The highest BCUT2D eigenvalue weighted by atomic mass is 16.5. The molecule has 2 unspecified atom stereocenters. The molecule has 0 aromatic heterocycles. The molecule has 0 saturated carbocycles. The topological polar surface area (TPSA) is 49.9 Å². The maximum atomic E-state index is 12.8. The van der Waals surface area contributed by atoms with Crippen molar-refractivity contribution in [2.75, 3.05) is 33.8 Å². The van der Waals surface area contributed by atoms with Crippen LogP contribution in [0.25, 0.3) is 0 Å². The number of likely N-dealkylation sites (tertiary alicyclic amines) is 1. The zero-order valence-electron chi connectivity index (χ0n) is 15.3. The smallest absolute Gasteiger partial charge is 0.227 e. The van der Waals surface area contributed by atoms with Gasteiger partial charge in [-0.15, -0.1) is 0 Å². The lowest BCUT2D eigenvalue weighted by Crippen LogP contribution is -2.37. The van der Waals surface area contributed by atoms with Crippen molar-refractivity contribution < 1.29 is 14.3 Å². The van der Waals surface area contributed by atoms with Gasteiger partial charge in [-0.1, -0.05) is 26.0 Å². The minimum atomic E-state index is -0.204. The van der Waals surface area contributed by atoms with E-state index in [2.05, 4.69) is 0 Å². The molecule has 2 rings (SSSR count). The Morgan fingerprint density at radius 2 is 2.04 bits per heavy atom. The van der Waals surface area contributed by atoms with Crippen LogP contribution < -0.4 is 4.74 Å². The van der Waals surface area contributed by atoms with Gasteiger partial charge in [0.05, 0.1) is 13.0 Å². The summed E-state index contributed by atoms with van der Waals surface area (Å²) in [4.78, 5) is 28.8. The summed E-state index contributed by atoms with van der Waals surface area (Å²) in [6.07, 6.45) is 0. The average Bonchev–Trinajstić information content (AvgIpc) is 3.04. The van der Waals surface area contributed by atoms with Crippen molar-refractivity contribution in [1.82, 2.24) is 9.80 Å². The Bertz CT molecular complexity index is 600. The molecule has 0 aliphatic carbocycles. The minimum absolute atomic E-state index is 0.00398. The molecule has 2 atom stereocenters. The average molecular weight is 332 g/mol. The fourth-order valence-electron chi connectivity index (χ4n) is 3.25. The van der Waals surface area contributed by atoms with Crippen molar-refractivity contribution in [3.63, 3.8) is 0 Å². The fraction of sp³-hybridized carbons (Fsp3) is 0.579. The highest BCUT2D eigenvalue weighted by molar-refractivity contribution is 5.84. The Hall–Kier alpha value is -2.04. The standard InChI is InChI=1S/C19H28N2O3/c1-6-20(4)19(23)17-12-21(18(22)13(2)3)11-16(17)14-8-7-9-15(10-14)24-5/h7-10,13,16-17H,6,11-12H2,1-5H3. The molecule has 1 aliphatic heterocycles. The van der Waals surface area contributed by atoms with Crippen molar-refractivity contribution in [2.24, 2.45) is 11.8 Å². The summed E-state index contributed by atoms with van der Waals surface area (Å²) in [6.45, 7) is 7.50. The van der Waals surface area contributed by atoms with E-state index in [1.165, 1.54) is 0 Å². The van der Waals surface area contributed by atoms with Gasteiger partial charge in [-0.3, -0.25) is 9.59 Å². The normalized spacial score (nSPS) is 20.3. The van der Waals surface area contributed by atoms with Crippen LogP contribution in [-0.4, -0.2) is 55.4 Å². The van der Waals surface area contributed by atoms with Gasteiger partial charge in [0.15, 0.2) is 0 Å². The molecular formula is C19H28N2O3. The molecule has 1 aromatic carbocycles. The number of ether oxygens (including phenoxy) is 1. The van der Waals surface area contributed by atoms with Crippen molar-refractivity contribution in [3.8, 4) is 5.75 Å². The number of hydrogen-bond acceptors (Lipinski definition) is 3. The van der Waals surface area contributed by atoms with E-state index in [0.717, 1.165) is 11.3 Å². The zero-order chi connectivity index (χ0) is 17.9. The van der Waals surface area contributed by atoms with Crippen molar-refractivity contribution in [2.45, 2.75) is 26.7 Å². The van der Waals surface area contributed by atoms with E-state index in [1.54, 1.807) is 12.0 Å². The quantitative estimate of drug-likeness (QED) is 0.832. The van der Waals surface area contributed by atoms with Gasteiger partial charge in [0.1, 0.15) is 5.75 Å². The summed E-state index contributed by atoms with van der Waals surface area (Å²) >= 11 is 0. The van der Waals surface area contributed by atoms with E-state index < -0.39 is 0 Å². The van der Waals surface area contributed by atoms with E-state index >= 15 is 0 Å². The lowest BCUT2D eigenvalue weighted by Gasteiger charge is -2.23. The first-order valence-corrected chi connectivity index (χ1v) is 8.56. The number of hydrogen-bond donors (Lipinski definition) is 0. The van der Waals surface area contributed by atoms with Gasteiger partial charge >= 0.3 is 0 Å². The summed E-state index contributed by atoms with van der Waals surface area (Å²) < 4.78 is 5.32. The molecule has 2 amide bonds. The number of amides is 2. The summed E-state index contributed by atoms with van der Waals surface area (Å²) in [5.41, 5.74) is 1.05. The van der Waals surface area contributed by atoms with E-state index in [0.29, 0.717) is 19.6 Å². The van der Waals surface area contributed by atoms with Crippen LogP contribution in [0.5, 0.6) is 5.75 Å². The predicted molar refractivity (Wildman–Crippen MR) is 94.0 cm³/mol. The van der Waals surface area contributed by atoms with Gasteiger partial charge in [0.25, 0.3) is 0 Å². The maximum Gasteiger partial charge on any atom is 0.227 e. The minimum Gasteiger partial charge on any atom is -0.497 e. The van der Waals surface area contributed by atoms with Crippen LogP contribution in [0.4, 0.5) is 0 Å². The fourth-order valence-corrected chi connectivity index (χ4v) is 3.25. The molecule has 1 aromatic rings. The van der Waals surface area contributed by atoms with Gasteiger partial charge in [0.2, 0.25) is 11.8 Å². The molecule has 132 valence electrons. The van der Waals surface area contributed by atoms with Gasteiger partial charge in [-0.2, -0.15) is 0 Å². The number of benzene rings is 1. The Kier molecular flexibility index (Phi) is 5.86. The van der Waals surface area contributed by atoms with Crippen molar-refractivity contribution in [1.29, 1.82) is 0 Å². The number of nitrogens with zero attached hydrogens (tertiary/aromatic N) is 2. The van der Waals surface area contributed by atoms with Crippen molar-refractivity contribution in [3.05, 3.63) is 29.8 Å². The lowest BCUT2D eigenvalue weighted by atomic mass is 9.88. The van der Waals surface area contributed by atoms with Crippen LogP contribution in [-0.2, 0) is 9.59 Å². The molecule has 1 aliphatic rings. The molecular weight excluding hydrogens is 304 g/mol. The third kappa shape index (κ3) is 3.71. The Balaban J connectivity index is 2.32. The lowest BCUT2D eigenvalue weighted by molar-refractivity contribution is -0.135. The maximum absolute atomic E-state index is 12.8. The van der Waals surface area contributed by atoms with Crippen molar-refractivity contribution >= 4 is 11.8 Å². The van der Waals surface area contributed by atoms with Crippen LogP contribution >= 0.6 is 0 Å². The highest BCUT2D eigenvalue weighted by Gasteiger charge is 2.41. The first-order chi connectivity index (χ1) is 11.4. The molecule has 24 heavy (non-hydrogen) atoms. The number of carbonyl (C=O) groups excluding carboxylic acids is 2. The van der Waals surface area contributed by atoms with Gasteiger partial charge < -0.3 is 14.5 Å². The van der Waals surface area contributed by atoms with Crippen LogP contribution in [0, 0.1) is 11.8 Å². The number of carbonyl (C=O) groups is 2. The molecule has 5 heteroatoms. The molecule has 1 fully saturated rings. The monoisotopic (exact) mass is 332 g/mol. The number of rotatable bonds is 5. The Labute approximate surface area is 144 Å².